The Morgan fingerprint density at radius 2 is 1.23 bits per heavy atom. The molecule has 8 amide bonds. The van der Waals surface area contributed by atoms with Crippen LogP contribution in [0.4, 0.5) is 0 Å². The van der Waals surface area contributed by atoms with Gasteiger partial charge in [-0.25, -0.2) is 4.79 Å². The molecular formula is C43H56N8O14. The monoisotopic (exact) mass is 908 g/mol. The SMILES string of the molecule is CC(=O)N[C@@H](Cc1ccccc1)C(=O)N[C@H]1CCC(=O)NCC[C@@H](C(=O)N[C@@H](CC(=O)O)C(=O)N[C@@H](Cc2ccccc2)C(=O)O)NC(=O)[C@H](CC(=O)O)NC(=O)[C@H](CC(C)C)NC1=O. The Morgan fingerprint density at radius 1 is 0.662 bits per heavy atom. The van der Waals surface area contributed by atoms with Crippen LogP contribution in [0.15, 0.2) is 60.7 Å². The zero-order valence-corrected chi connectivity index (χ0v) is 36.1. The lowest BCUT2D eigenvalue weighted by Crippen LogP contribution is -2.61. The summed E-state index contributed by atoms with van der Waals surface area (Å²) in [6, 6.07) is 5.70. The molecule has 0 aromatic heterocycles. The van der Waals surface area contributed by atoms with E-state index in [9.17, 15) is 68.1 Å². The number of carbonyl (C=O) groups excluding carboxylic acids is 8. The summed E-state index contributed by atoms with van der Waals surface area (Å²) in [5.74, 6) is -12.5. The van der Waals surface area contributed by atoms with Crippen molar-refractivity contribution in [2.24, 2.45) is 5.92 Å². The number of aliphatic carboxylic acids is 3. The van der Waals surface area contributed by atoms with Crippen LogP contribution in [0.5, 0.6) is 0 Å². The Hall–Kier alpha value is -7.39. The quantitative estimate of drug-likeness (QED) is 0.0792. The summed E-state index contributed by atoms with van der Waals surface area (Å²) in [5.41, 5.74) is 1.20. The zero-order chi connectivity index (χ0) is 48.2. The molecule has 0 unspecified atom stereocenters. The van der Waals surface area contributed by atoms with Gasteiger partial charge in [0.15, 0.2) is 0 Å². The van der Waals surface area contributed by atoms with E-state index in [4.69, 9.17) is 0 Å². The number of carbonyl (C=O) groups is 11. The summed E-state index contributed by atoms with van der Waals surface area (Å²) in [6.45, 7) is 4.22. The Kier molecular flexibility index (Phi) is 20.5. The molecule has 1 fully saturated rings. The van der Waals surface area contributed by atoms with Crippen LogP contribution in [0.2, 0.25) is 0 Å². The maximum Gasteiger partial charge on any atom is 0.326 e. The molecule has 2 aromatic rings. The van der Waals surface area contributed by atoms with Crippen LogP contribution >= 0.6 is 0 Å². The van der Waals surface area contributed by atoms with Crippen molar-refractivity contribution >= 4 is 65.2 Å². The molecule has 22 nitrogen and oxygen atoms in total. The van der Waals surface area contributed by atoms with Crippen molar-refractivity contribution in [2.75, 3.05) is 6.54 Å². The van der Waals surface area contributed by atoms with Crippen molar-refractivity contribution in [1.29, 1.82) is 0 Å². The minimum Gasteiger partial charge on any atom is -0.481 e. The van der Waals surface area contributed by atoms with Gasteiger partial charge in [-0.1, -0.05) is 74.5 Å². The van der Waals surface area contributed by atoms with Crippen molar-refractivity contribution in [3.05, 3.63) is 71.8 Å². The van der Waals surface area contributed by atoms with Crippen LogP contribution in [0, 0.1) is 5.92 Å². The summed E-state index contributed by atoms with van der Waals surface area (Å²) >= 11 is 0. The van der Waals surface area contributed by atoms with E-state index in [-0.39, 0.29) is 38.1 Å². The first-order chi connectivity index (χ1) is 30.7. The fraction of sp³-hybridized carbons (Fsp3) is 0.465. The van der Waals surface area contributed by atoms with E-state index in [1.807, 2.05) is 0 Å². The number of benzene rings is 2. The summed E-state index contributed by atoms with van der Waals surface area (Å²) < 4.78 is 0. The summed E-state index contributed by atoms with van der Waals surface area (Å²) in [5, 5.41) is 48.3. The van der Waals surface area contributed by atoms with Gasteiger partial charge < -0.3 is 57.9 Å². The molecule has 0 spiro atoms. The van der Waals surface area contributed by atoms with Gasteiger partial charge in [-0.2, -0.15) is 0 Å². The van der Waals surface area contributed by atoms with Crippen molar-refractivity contribution in [3.8, 4) is 0 Å². The van der Waals surface area contributed by atoms with Gasteiger partial charge >= 0.3 is 17.9 Å². The second-order valence-electron chi connectivity index (χ2n) is 15.8. The lowest BCUT2D eigenvalue weighted by Gasteiger charge is -2.28. The van der Waals surface area contributed by atoms with E-state index in [0.29, 0.717) is 11.1 Å². The molecule has 3 rings (SSSR count). The van der Waals surface area contributed by atoms with Gasteiger partial charge in [-0.15, -0.1) is 0 Å². The van der Waals surface area contributed by atoms with Gasteiger partial charge in [-0.05, 0) is 36.3 Å². The van der Waals surface area contributed by atoms with Crippen LogP contribution in [0.25, 0.3) is 0 Å². The third-order valence-electron chi connectivity index (χ3n) is 9.92. The summed E-state index contributed by atoms with van der Waals surface area (Å²) in [4.78, 5) is 143. The molecule has 0 saturated carbocycles. The number of hydrogen-bond acceptors (Lipinski definition) is 11. The number of rotatable bonds is 18. The van der Waals surface area contributed by atoms with Crippen LogP contribution in [-0.2, 0) is 65.6 Å². The van der Waals surface area contributed by atoms with Gasteiger partial charge in [0.25, 0.3) is 0 Å². The molecule has 0 aliphatic carbocycles. The maximum absolute atomic E-state index is 13.9. The molecule has 0 bridgehead atoms. The predicted molar refractivity (Wildman–Crippen MR) is 228 cm³/mol. The largest absolute Gasteiger partial charge is 0.481 e. The van der Waals surface area contributed by atoms with Crippen LogP contribution in [-0.4, -0.2) is 129 Å². The maximum atomic E-state index is 13.9. The van der Waals surface area contributed by atoms with E-state index >= 15 is 0 Å². The topological polar surface area (TPSA) is 345 Å². The first-order valence-corrected chi connectivity index (χ1v) is 20.8. The van der Waals surface area contributed by atoms with Crippen molar-refractivity contribution in [2.45, 2.75) is 114 Å². The van der Waals surface area contributed by atoms with Crippen molar-refractivity contribution in [1.82, 2.24) is 42.5 Å². The average molecular weight is 909 g/mol. The minimum atomic E-state index is -1.90. The fourth-order valence-corrected chi connectivity index (χ4v) is 6.72. The standard InChI is InChI=1S/C43H56N8O14/c1-23(2)18-29-39(60)50-31(21-35(54)55)41(62)47-28(38(59)49-32(22-36(56)57)42(63)51-33(43(64)65)20-26-12-8-5-9-13-26)16-17-44-34(53)15-14-27(37(58)48-29)46-40(61)30(45-24(3)52)19-25-10-6-4-7-11-25/h4-13,23,27-33H,14-22H2,1-3H3,(H,44,53)(H,45,52)(H,46,61)(H,47,62)(H,48,58)(H,49,59)(H,50,60)(H,51,63)(H,54,55)(H,56,57)(H,64,65)/t27-,28-,29-,30-,31-,32-,33-/m0/s1. The number of carboxylic acid groups (broad SMARTS) is 3. The number of hydrogen-bond donors (Lipinski definition) is 11. The Bertz CT molecular complexity index is 2050. The number of carboxylic acids is 3. The highest BCUT2D eigenvalue weighted by molar-refractivity contribution is 5.99. The number of amides is 8. The highest BCUT2D eigenvalue weighted by atomic mass is 16.4. The molecule has 1 saturated heterocycles. The Balaban J connectivity index is 1.94. The second-order valence-corrected chi connectivity index (χ2v) is 15.8. The van der Waals surface area contributed by atoms with Gasteiger partial charge in [0, 0.05) is 32.7 Å². The van der Waals surface area contributed by atoms with Crippen LogP contribution in [0.1, 0.15) is 70.4 Å². The first kappa shape index (κ1) is 52.0. The Labute approximate surface area is 373 Å². The predicted octanol–water partition coefficient (Wildman–Crippen LogP) is -1.73. The molecule has 2 aromatic carbocycles. The molecule has 11 N–H and O–H groups in total. The zero-order valence-electron chi connectivity index (χ0n) is 36.1. The molecule has 1 heterocycles. The minimum absolute atomic E-state index is 0.0278. The Morgan fingerprint density at radius 3 is 1.77 bits per heavy atom. The number of nitrogens with one attached hydrogen (secondary N) is 8. The summed E-state index contributed by atoms with van der Waals surface area (Å²) in [6.07, 6.45) is -3.52. The van der Waals surface area contributed by atoms with E-state index in [1.165, 1.54) is 6.92 Å². The van der Waals surface area contributed by atoms with Crippen molar-refractivity contribution in [3.63, 3.8) is 0 Å². The molecule has 1 aliphatic rings. The van der Waals surface area contributed by atoms with Gasteiger partial charge in [0.1, 0.15) is 42.3 Å². The first-order valence-electron chi connectivity index (χ1n) is 20.8. The molecular weight excluding hydrogens is 853 g/mol. The molecule has 65 heavy (non-hydrogen) atoms. The fourth-order valence-electron chi connectivity index (χ4n) is 6.72. The average Bonchev–Trinajstić information content (AvgIpc) is 3.23. The van der Waals surface area contributed by atoms with Gasteiger partial charge in [0.2, 0.25) is 47.3 Å². The van der Waals surface area contributed by atoms with Crippen LogP contribution in [0.3, 0.4) is 0 Å². The molecule has 0 radical (unpaired) electrons. The third-order valence-corrected chi connectivity index (χ3v) is 9.92. The van der Waals surface area contributed by atoms with E-state index in [1.54, 1.807) is 74.5 Å². The summed E-state index contributed by atoms with van der Waals surface area (Å²) in [7, 11) is 0. The lowest BCUT2D eigenvalue weighted by atomic mass is 10.0. The normalized spacial score (nSPS) is 19.9. The molecule has 1 aliphatic heterocycles. The van der Waals surface area contributed by atoms with E-state index in [0.717, 1.165) is 0 Å². The smallest absolute Gasteiger partial charge is 0.326 e. The second kappa shape index (κ2) is 25.7. The van der Waals surface area contributed by atoms with E-state index < -0.39 is 133 Å². The highest BCUT2D eigenvalue weighted by Gasteiger charge is 2.36. The van der Waals surface area contributed by atoms with Gasteiger partial charge in [-0.3, -0.25) is 47.9 Å². The van der Waals surface area contributed by atoms with Crippen molar-refractivity contribution < 1.29 is 68.1 Å². The van der Waals surface area contributed by atoms with E-state index in [2.05, 4.69) is 42.5 Å². The molecule has 7 atom stereocenters. The third kappa shape index (κ3) is 18.5. The van der Waals surface area contributed by atoms with Crippen LogP contribution < -0.4 is 42.5 Å². The van der Waals surface area contributed by atoms with Gasteiger partial charge in [0.05, 0.1) is 12.8 Å². The molecule has 352 valence electrons. The lowest BCUT2D eigenvalue weighted by molar-refractivity contribution is -0.143. The molecule has 22 heteroatoms. The highest BCUT2D eigenvalue weighted by Crippen LogP contribution is 2.11.